The summed E-state index contributed by atoms with van der Waals surface area (Å²) in [5.41, 5.74) is 7.07. The predicted molar refractivity (Wildman–Crippen MR) is 81.8 cm³/mol. The first-order valence-corrected chi connectivity index (χ1v) is 7.18. The summed E-state index contributed by atoms with van der Waals surface area (Å²) in [5.74, 6) is 1.14. The van der Waals surface area contributed by atoms with Gasteiger partial charge in [-0.3, -0.25) is 10.4 Å². The van der Waals surface area contributed by atoms with E-state index in [0.717, 1.165) is 37.0 Å². The molecule has 0 bridgehead atoms. The lowest BCUT2D eigenvalue weighted by Gasteiger charge is -2.23. The average Bonchev–Trinajstić information content (AvgIpc) is 2.53. The van der Waals surface area contributed by atoms with Gasteiger partial charge in [0.25, 0.3) is 0 Å². The molecule has 0 saturated carbocycles. The molecule has 2 aromatic rings. The SMILES string of the molecule is N=C(N)c1cnc2ccccc2c1OCC1CCOCC1. The van der Waals surface area contributed by atoms with Crippen molar-refractivity contribution in [3.8, 4) is 5.75 Å². The highest BCUT2D eigenvalue weighted by molar-refractivity contribution is 6.02. The second kappa shape index (κ2) is 6.10. The lowest BCUT2D eigenvalue weighted by atomic mass is 10.0. The smallest absolute Gasteiger partial charge is 0.141 e. The van der Waals surface area contributed by atoms with Crippen LogP contribution in [0.5, 0.6) is 5.75 Å². The van der Waals surface area contributed by atoms with E-state index in [1.54, 1.807) is 6.20 Å². The number of hydrogen-bond donors (Lipinski definition) is 2. The average molecular weight is 285 g/mol. The summed E-state index contributed by atoms with van der Waals surface area (Å²) >= 11 is 0. The summed E-state index contributed by atoms with van der Waals surface area (Å²) in [7, 11) is 0. The van der Waals surface area contributed by atoms with Gasteiger partial charge in [0.1, 0.15) is 11.6 Å². The molecule has 0 radical (unpaired) electrons. The van der Waals surface area contributed by atoms with Crippen molar-refractivity contribution in [3.63, 3.8) is 0 Å². The molecule has 0 aliphatic carbocycles. The van der Waals surface area contributed by atoms with E-state index in [9.17, 15) is 0 Å². The molecule has 0 amide bonds. The Kier molecular flexibility index (Phi) is 4.01. The molecule has 3 rings (SSSR count). The number of aromatic nitrogens is 1. The van der Waals surface area contributed by atoms with Crippen molar-refractivity contribution >= 4 is 16.7 Å². The number of nitrogens with two attached hydrogens (primary N) is 1. The number of amidine groups is 1. The van der Waals surface area contributed by atoms with Crippen LogP contribution in [-0.4, -0.2) is 30.6 Å². The van der Waals surface area contributed by atoms with Gasteiger partial charge in [0, 0.05) is 24.8 Å². The maximum Gasteiger partial charge on any atom is 0.141 e. The third kappa shape index (κ3) is 2.97. The summed E-state index contributed by atoms with van der Waals surface area (Å²) in [6.07, 6.45) is 3.64. The lowest BCUT2D eigenvalue weighted by Crippen LogP contribution is -2.22. The van der Waals surface area contributed by atoms with Crippen LogP contribution in [0.3, 0.4) is 0 Å². The van der Waals surface area contributed by atoms with Crippen molar-refractivity contribution in [2.45, 2.75) is 12.8 Å². The molecule has 1 aliphatic heterocycles. The van der Waals surface area contributed by atoms with E-state index in [4.69, 9.17) is 20.6 Å². The van der Waals surface area contributed by atoms with E-state index in [-0.39, 0.29) is 5.84 Å². The van der Waals surface area contributed by atoms with Gasteiger partial charge >= 0.3 is 0 Å². The Morgan fingerprint density at radius 3 is 2.86 bits per heavy atom. The van der Waals surface area contributed by atoms with Crippen molar-refractivity contribution in [1.82, 2.24) is 4.98 Å². The Morgan fingerprint density at radius 1 is 1.33 bits per heavy atom. The number of fused-ring (bicyclic) bond motifs is 1. The van der Waals surface area contributed by atoms with Crippen LogP contribution in [-0.2, 0) is 4.74 Å². The summed E-state index contributed by atoms with van der Waals surface area (Å²) in [6, 6.07) is 7.76. The number of nitrogens with one attached hydrogen (secondary N) is 1. The third-order valence-electron chi connectivity index (χ3n) is 3.82. The zero-order valence-corrected chi connectivity index (χ0v) is 11.8. The van der Waals surface area contributed by atoms with Gasteiger partial charge in [-0.2, -0.15) is 0 Å². The van der Waals surface area contributed by atoms with E-state index >= 15 is 0 Å². The van der Waals surface area contributed by atoms with E-state index in [1.165, 1.54) is 0 Å². The number of nitrogens with zero attached hydrogens (tertiary/aromatic N) is 1. The van der Waals surface area contributed by atoms with Gasteiger partial charge in [-0.1, -0.05) is 12.1 Å². The van der Waals surface area contributed by atoms with Crippen molar-refractivity contribution in [1.29, 1.82) is 5.41 Å². The molecule has 5 heteroatoms. The van der Waals surface area contributed by atoms with Gasteiger partial charge in [0.15, 0.2) is 0 Å². The Balaban J connectivity index is 1.90. The second-order valence-corrected chi connectivity index (χ2v) is 5.30. The fourth-order valence-electron chi connectivity index (χ4n) is 2.58. The first-order chi connectivity index (χ1) is 10.3. The van der Waals surface area contributed by atoms with Crippen molar-refractivity contribution in [2.75, 3.05) is 19.8 Å². The van der Waals surface area contributed by atoms with Crippen molar-refractivity contribution in [3.05, 3.63) is 36.0 Å². The predicted octanol–water partition coefficient (Wildman–Crippen LogP) is 2.32. The molecule has 110 valence electrons. The monoisotopic (exact) mass is 285 g/mol. The van der Waals surface area contributed by atoms with E-state index < -0.39 is 0 Å². The molecule has 1 aliphatic rings. The zero-order valence-electron chi connectivity index (χ0n) is 11.8. The zero-order chi connectivity index (χ0) is 14.7. The van der Waals surface area contributed by atoms with Crippen molar-refractivity contribution < 1.29 is 9.47 Å². The number of para-hydroxylation sites is 1. The minimum absolute atomic E-state index is 0.0183. The number of benzene rings is 1. The highest BCUT2D eigenvalue weighted by Crippen LogP contribution is 2.29. The fourth-order valence-corrected chi connectivity index (χ4v) is 2.58. The molecule has 0 atom stereocenters. The molecule has 1 aromatic heterocycles. The maximum absolute atomic E-state index is 7.71. The maximum atomic E-state index is 7.71. The van der Waals surface area contributed by atoms with E-state index in [1.807, 2.05) is 24.3 Å². The molecule has 1 saturated heterocycles. The van der Waals surface area contributed by atoms with Crippen LogP contribution in [0.25, 0.3) is 10.9 Å². The van der Waals surface area contributed by atoms with Crippen molar-refractivity contribution in [2.24, 2.45) is 11.7 Å². The van der Waals surface area contributed by atoms with Gasteiger partial charge in [0.05, 0.1) is 17.7 Å². The molecule has 5 nitrogen and oxygen atoms in total. The topological polar surface area (TPSA) is 81.2 Å². The van der Waals surface area contributed by atoms with Crippen LogP contribution < -0.4 is 10.5 Å². The fraction of sp³-hybridized carbons (Fsp3) is 0.375. The van der Waals surface area contributed by atoms with E-state index in [2.05, 4.69) is 4.98 Å². The Bertz CT molecular complexity index is 651. The second-order valence-electron chi connectivity index (χ2n) is 5.30. The molecule has 0 spiro atoms. The molecule has 3 N–H and O–H groups in total. The summed E-state index contributed by atoms with van der Waals surface area (Å²) < 4.78 is 11.4. The van der Waals surface area contributed by atoms with Crippen LogP contribution in [0.2, 0.25) is 0 Å². The quantitative estimate of drug-likeness (QED) is 0.667. The molecule has 1 fully saturated rings. The summed E-state index contributed by atoms with van der Waals surface area (Å²) in [4.78, 5) is 4.34. The van der Waals surface area contributed by atoms with Crippen LogP contribution >= 0.6 is 0 Å². The van der Waals surface area contributed by atoms with Gasteiger partial charge in [-0.25, -0.2) is 0 Å². The number of pyridine rings is 1. The highest BCUT2D eigenvalue weighted by Gasteiger charge is 2.17. The number of rotatable bonds is 4. The molecule has 2 heterocycles. The largest absolute Gasteiger partial charge is 0.492 e. The normalized spacial score (nSPS) is 16.0. The molecule has 1 aromatic carbocycles. The standard InChI is InChI=1S/C16H19N3O2/c17-16(18)13-9-19-14-4-2-1-3-12(14)15(13)21-10-11-5-7-20-8-6-11/h1-4,9,11H,5-8,10H2,(H3,17,18). The van der Waals surface area contributed by atoms with Crippen LogP contribution in [0.4, 0.5) is 0 Å². The third-order valence-corrected chi connectivity index (χ3v) is 3.82. The molecular formula is C16H19N3O2. The minimum atomic E-state index is -0.0183. The van der Waals surface area contributed by atoms with Gasteiger partial charge in [0.2, 0.25) is 0 Å². The highest BCUT2D eigenvalue weighted by atomic mass is 16.5. The number of hydrogen-bond acceptors (Lipinski definition) is 4. The first-order valence-electron chi connectivity index (χ1n) is 7.18. The number of nitrogen functional groups attached to an aromatic ring is 1. The minimum Gasteiger partial charge on any atom is -0.492 e. The molecule has 21 heavy (non-hydrogen) atoms. The Morgan fingerprint density at radius 2 is 2.10 bits per heavy atom. The lowest BCUT2D eigenvalue weighted by molar-refractivity contribution is 0.0499. The molecular weight excluding hydrogens is 266 g/mol. The Hall–Kier alpha value is -2.14. The van der Waals surface area contributed by atoms with Gasteiger partial charge in [-0.05, 0) is 30.9 Å². The van der Waals surface area contributed by atoms with Crippen LogP contribution in [0, 0.1) is 11.3 Å². The van der Waals surface area contributed by atoms with Gasteiger partial charge in [-0.15, -0.1) is 0 Å². The van der Waals surface area contributed by atoms with Gasteiger partial charge < -0.3 is 15.2 Å². The Labute approximate surface area is 123 Å². The summed E-state index contributed by atoms with van der Waals surface area (Å²) in [6.45, 7) is 2.22. The van der Waals surface area contributed by atoms with E-state index in [0.29, 0.717) is 23.8 Å². The summed E-state index contributed by atoms with van der Waals surface area (Å²) in [5, 5.41) is 8.61. The van der Waals surface area contributed by atoms with Crippen LogP contribution in [0.1, 0.15) is 18.4 Å². The molecule has 0 unspecified atom stereocenters. The van der Waals surface area contributed by atoms with Crippen LogP contribution in [0.15, 0.2) is 30.5 Å². The number of ether oxygens (including phenoxy) is 2. The first kappa shape index (κ1) is 13.8.